The molecule has 0 saturated heterocycles. The van der Waals surface area contributed by atoms with E-state index in [1.807, 2.05) is 4.68 Å². The zero-order valence-electron chi connectivity index (χ0n) is 7.36. The van der Waals surface area contributed by atoms with Gasteiger partial charge in [-0.3, -0.25) is 4.68 Å². The summed E-state index contributed by atoms with van der Waals surface area (Å²) in [6, 6.07) is 2.18. The van der Waals surface area contributed by atoms with E-state index in [-0.39, 0.29) is 6.10 Å². The molecular weight excluding hydrogens is 188 g/mol. The summed E-state index contributed by atoms with van der Waals surface area (Å²) in [5.74, 6) is 0. The van der Waals surface area contributed by atoms with Gasteiger partial charge in [-0.05, 0) is 31.7 Å². The smallest absolute Gasteiger partial charge is 0.127 e. The molecule has 13 heavy (non-hydrogen) atoms. The van der Waals surface area contributed by atoms with Gasteiger partial charge in [-0.1, -0.05) is 11.6 Å². The van der Waals surface area contributed by atoms with E-state index in [0.29, 0.717) is 11.2 Å². The summed E-state index contributed by atoms with van der Waals surface area (Å²) < 4.78 is 1.85. The van der Waals surface area contributed by atoms with Crippen LogP contribution in [0.5, 0.6) is 0 Å². The maximum Gasteiger partial charge on any atom is 0.127 e. The summed E-state index contributed by atoms with van der Waals surface area (Å²) in [5, 5.41) is 14.2. The van der Waals surface area contributed by atoms with E-state index in [2.05, 4.69) is 5.10 Å². The first-order chi connectivity index (χ1) is 6.27. The summed E-state index contributed by atoms with van der Waals surface area (Å²) in [6.45, 7) is 0. The van der Waals surface area contributed by atoms with Crippen LogP contribution in [0.2, 0.25) is 5.15 Å². The van der Waals surface area contributed by atoms with E-state index in [1.54, 1.807) is 12.3 Å². The van der Waals surface area contributed by atoms with Crippen LogP contribution in [0.4, 0.5) is 0 Å². The fourth-order valence-corrected chi connectivity index (χ4v) is 2.11. The first-order valence-electron chi connectivity index (χ1n) is 4.64. The second kappa shape index (κ2) is 3.68. The van der Waals surface area contributed by atoms with Gasteiger partial charge in [0.05, 0.1) is 18.3 Å². The van der Waals surface area contributed by atoms with Crippen molar-refractivity contribution < 1.29 is 5.11 Å². The van der Waals surface area contributed by atoms with E-state index >= 15 is 0 Å². The molecule has 0 atom stereocenters. The van der Waals surface area contributed by atoms with Gasteiger partial charge in [0.2, 0.25) is 0 Å². The molecule has 1 heterocycles. The predicted molar refractivity (Wildman–Crippen MR) is 50.7 cm³/mol. The Kier molecular flexibility index (Phi) is 2.56. The molecule has 1 aromatic rings. The largest absolute Gasteiger partial charge is 0.393 e. The van der Waals surface area contributed by atoms with Crippen molar-refractivity contribution in [3.8, 4) is 0 Å². The van der Waals surface area contributed by atoms with Crippen molar-refractivity contribution in [2.24, 2.45) is 0 Å². The van der Waals surface area contributed by atoms with Crippen molar-refractivity contribution in [2.45, 2.75) is 37.8 Å². The number of rotatable bonds is 1. The van der Waals surface area contributed by atoms with E-state index in [9.17, 15) is 5.11 Å². The lowest BCUT2D eigenvalue weighted by Crippen LogP contribution is -2.21. The Balaban J connectivity index is 2.06. The van der Waals surface area contributed by atoms with Gasteiger partial charge >= 0.3 is 0 Å². The van der Waals surface area contributed by atoms with Gasteiger partial charge in [-0.2, -0.15) is 5.10 Å². The number of halogens is 1. The first-order valence-corrected chi connectivity index (χ1v) is 5.02. The molecule has 0 unspecified atom stereocenters. The number of hydrogen-bond donors (Lipinski definition) is 1. The van der Waals surface area contributed by atoms with Crippen molar-refractivity contribution in [1.82, 2.24) is 9.78 Å². The lowest BCUT2D eigenvalue weighted by atomic mass is 9.93. The Morgan fingerprint density at radius 3 is 2.62 bits per heavy atom. The monoisotopic (exact) mass is 200 g/mol. The lowest BCUT2D eigenvalue weighted by Gasteiger charge is -2.25. The molecule has 0 aromatic carbocycles. The third-order valence-corrected chi connectivity index (χ3v) is 2.93. The third-order valence-electron chi connectivity index (χ3n) is 2.63. The van der Waals surface area contributed by atoms with Gasteiger partial charge in [0.1, 0.15) is 5.15 Å². The second-order valence-electron chi connectivity index (χ2n) is 3.56. The molecule has 0 radical (unpaired) electrons. The summed E-state index contributed by atoms with van der Waals surface area (Å²) in [4.78, 5) is 0. The highest BCUT2D eigenvalue weighted by atomic mass is 35.5. The number of aliphatic hydroxyl groups is 1. The fourth-order valence-electron chi connectivity index (χ4n) is 1.87. The van der Waals surface area contributed by atoms with E-state index in [1.165, 1.54) is 0 Å². The highest BCUT2D eigenvalue weighted by Gasteiger charge is 2.22. The summed E-state index contributed by atoms with van der Waals surface area (Å²) >= 11 is 5.95. The van der Waals surface area contributed by atoms with Crippen molar-refractivity contribution in [3.05, 3.63) is 17.4 Å². The molecular formula is C9H13ClN2O. The maximum atomic E-state index is 9.33. The highest BCUT2D eigenvalue weighted by molar-refractivity contribution is 6.29. The predicted octanol–water partition coefficient (Wildman–Crippen LogP) is 2.01. The van der Waals surface area contributed by atoms with Gasteiger partial charge < -0.3 is 5.11 Å². The Labute approximate surface area is 82.3 Å². The molecule has 72 valence electrons. The molecule has 0 bridgehead atoms. The number of nitrogens with zero attached hydrogens (tertiary/aromatic N) is 2. The molecule has 0 spiro atoms. The lowest BCUT2D eigenvalue weighted by molar-refractivity contribution is 0.108. The van der Waals surface area contributed by atoms with Gasteiger partial charge in [0.15, 0.2) is 0 Å². The van der Waals surface area contributed by atoms with Crippen LogP contribution in [0.25, 0.3) is 0 Å². The molecule has 4 heteroatoms. The van der Waals surface area contributed by atoms with Crippen molar-refractivity contribution >= 4 is 11.6 Å². The molecule has 0 aliphatic heterocycles. The Morgan fingerprint density at radius 1 is 1.38 bits per heavy atom. The van der Waals surface area contributed by atoms with Gasteiger partial charge in [-0.25, -0.2) is 0 Å². The van der Waals surface area contributed by atoms with E-state index in [4.69, 9.17) is 11.6 Å². The zero-order chi connectivity index (χ0) is 9.26. The molecule has 1 aromatic heterocycles. The van der Waals surface area contributed by atoms with Gasteiger partial charge in [-0.15, -0.1) is 0 Å². The first kappa shape index (κ1) is 9.03. The normalized spacial score (nSPS) is 29.1. The van der Waals surface area contributed by atoms with E-state index in [0.717, 1.165) is 25.7 Å². The van der Waals surface area contributed by atoms with Crippen LogP contribution in [0.3, 0.4) is 0 Å². The average Bonchev–Trinajstić information content (AvgIpc) is 2.53. The number of aromatic nitrogens is 2. The summed E-state index contributed by atoms with van der Waals surface area (Å²) in [7, 11) is 0. The molecule has 1 saturated carbocycles. The van der Waals surface area contributed by atoms with Crippen molar-refractivity contribution in [1.29, 1.82) is 0 Å². The third kappa shape index (κ3) is 1.86. The maximum absolute atomic E-state index is 9.33. The second-order valence-corrected chi connectivity index (χ2v) is 3.95. The van der Waals surface area contributed by atoms with Crippen molar-refractivity contribution in [3.63, 3.8) is 0 Å². The topological polar surface area (TPSA) is 38.0 Å². The van der Waals surface area contributed by atoms with Gasteiger partial charge in [0, 0.05) is 0 Å². The Bertz CT molecular complexity index is 279. The van der Waals surface area contributed by atoms with Crippen LogP contribution in [-0.2, 0) is 0 Å². The standard InChI is InChI=1S/C9H13ClN2O/c10-9-5-6-11-12(9)7-1-3-8(13)4-2-7/h5-8,13H,1-4H2. The van der Waals surface area contributed by atoms with Crippen LogP contribution < -0.4 is 0 Å². The summed E-state index contributed by atoms with van der Waals surface area (Å²) in [6.07, 6.45) is 5.27. The molecule has 1 fully saturated rings. The van der Waals surface area contributed by atoms with Gasteiger partial charge in [0.25, 0.3) is 0 Å². The number of aliphatic hydroxyl groups excluding tert-OH is 1. The molecule has 3 nitrogen and oxygen atoms in total. The fraction of sp³-hybridized carbons (Fsp3) is 0.667. The SMILES string of the molecule is OC1CCC(n2nccc2Cl)CC1. The average molecular weight is 201 g/mol. The van der Waals surface area contributed by atoms with E-state index < -0.39 is 0 Å². The quantitative estimate of drug-likeness (QED) is 0.753. The number of hydrogen-bond acceptors (Lipinski definition) is 2. The minimum absolute atomic E-state index is 0.120. The zero-order valence-corrected chi connectivity index (χ0v) is 8.11. The van der Waals surface area contributed by atoms with Crippen molar-refractivity contribution in [2.75, 3.05) is 0 Å². The molecule has 0 amide bonds. The van der Waals surface area contributed by atoms with Crippen LogP contribution in [0.15, 0.2) is 12.3 Å². The van der Waals surface area contributed by atoms with Crippen LogP contribution in [0.1, 0.15) is 31.7 Å². The molecule has 1 aliphatic carbocycles. The van der Waals surface area contributed by atoms with Crippen LogP contribution in [-0.4, -0.2) is 21.0 Å². The summed E-state index contributed by atoms with van der Waals surface area (Å²) in [5.41, 5.74) is 0. The van der Waals surface area contributed by atoms with Crippen LogP contribution in [0, 0.1) is 0 Å². The molecule has 1 aliphatic rings. The highest BCUT2D eigenvalue weighted by Crippen LogP contribution is 2.29. The Hall–Kier alpha value is -0.540. The minimum Gasteiger partial charge on any atom is -0.393 e. The van der Waals surface area contributed by atoms with Crippen LogP contribution >= 0.6 is 11.6 Å². The molecule has 2 rings (SSSR count). The Morgan fingerprint density at radius 2 is 2.08 bits per heavy atom. The minimum atomic E-state index is -0.120. The molecule has 1 N–H and O–H groups in total.